The molecule has 7 heteroatoms. The highest BCUT2D eigenvalue weighted by atomic mass is 16.4. The number of carbonyl (C=O) groups is 1. The fourth-order valence-electron chi connectivity index (χ4n) is 1.93. The molecule has 1 heterocycles. The van der Waals surface area contributed by atoms with Crippen molar-refractivity contribution in [3.63, 3.8) is 0 Å². The van der Waals surface area contributed by atoms with Gasteiger partial charge in [-0.3, -0.25) is 9.97 Å². The first-order valence-corrected chi connectivity index (χ1v) is 6.90. The van der Waals surface area contributed by atoms with Gasteiger partial charge in [0.05, 0.1) is 28.9 Å². The number of aliphatic hydroxyl groups excluding tert-OH is 3. The van der Waals surface area contributed by atoms with Crippen LogP contribution in [-0.2, 0) is 4.79 Å². The van der Waals surface area contributed by atoms with Crippen LogP contribution in [0, 0.1) is 27.7 Å². The van der Waals surface area contributed by atoms with Gasteiger partial charge in [0.15, 0.2) is 0 Å². The number of hydrogen-bond acceptors (Lipinski definition) is 6. The van der Waals surface area contributed by atoms with E-state index in [1.807, 2.05) is 27.7 Å². The third-order valence-electron chi connectivity index (χ3n) is 3.54. The summed E-state index contributed by atoms with van der Waals surface area (Å²) in [6.07, 6.45) is -2.86. The van der Waals surface area contributed by atoms with Crippen LogP contribution >= 0.6 is 0 Å². The predicted molar refractivity (Wildman–Crippen MR) is 79.3 cm³/mol. The molecule has 122 valence electrons. The number of aryl methyl sites for hydroxylation is 4. The van der Waals surface area contributed by atoms with E-state index in [0.29, 0.717) is 0 Å². The van der Waals surface area contributed by atoms with E-state index in [2.05, 4.69) is 9.97 Å². The molecule has 0 spiro atoms. The zero-order valence-corrected chi connectivity index (χ0v) is 13.1. The van der Waals surface area contributed by atoms with E-state index in [0.717, 1.165) is 28.9 Å². The maximum Gasteiger partial charge on any atom is 0.331 e. The summed E-state index contributed by atoms with van der Waals surface area (Å²) < 4.78 is 0. The zero-order chi connectivity index (χ0) is 17.0. The molecule has 1 aromatic heterocycles. The van der Waals surface area contributed by atoms with Gasteiger partial charge in [-0.25, -0.2) is 4.79 Å². The van der Waals surface area contributed by atoms with Crippen molar-refractivity contribution in [2.45, 2.75) is 52.4 Å². The average molecular weight is 310 g/mol. The van der Waals surface area contributed by atoms with Crippen LogP contribution in [0.2, 0.25) is 0 Å². The van der Waals surface area contributed by atoms with Crippen LogP contribution in [0.1, 0.15) is 29.2 Å². The lowest BCUT2D eigenvalue weighted by Gasteiger charge is -2.25. The minimum Gasteiger partial charge on any atom is -0.478 e. The SMILES string of the molecule is Cc1nc(C)c(C)nc1C.O=C(O)C1=C[C@@H](O)[C@@H](O)[C@H](O)C1. The molecule has 4 N–H and O–H groups in total. The predicted octanol–water partition coefficient (Wildman–Crippen LogP) is 0.194. The molecule has 0 aliphatic heterocycles. The van der Waals surface area contributed by atoms with Crippen LogP contribution in [0.15, 0.2) is 11.6 Å². The van der Waals surface area contributed by atoms with E-state index < -0.39 is 24.3 Å². The second-order valence-electron chi connectivity index (χ2n) is 5.31. The van der Waals surface area contributed by atoms with E-state index >= 15 is 0 Å². The summed E-state index contributed by atoms with van der Waals surface area (Å²) in [5.74, 6) is -1.18. The first-order chi connectivity index (χ1) is 10.1. The average Bonchev–Trinajstić information content (AvgIpc) is 2.42. The first-order valence-electron chi connectivity index (χ1n) is 6.90. The monoisotopic (exact) mass is 310 g/mol. The second-order valence-corrected chi connectivity index (χ2v) is 5.31. The van der Waals surface area contributed by atoms with Crippen LogP contribution in [0.4, 0.5) is 0 Å². The van der Waals surface area contributed by atoms with E-state index in [9.17, 15) is 4.79 Å². The Morgan fingerprint density at radius 3 is 1.73 bits per heavy atom. The van der Waals surface area contributed by atoms with Gasteiger partial charge in [-0.05, 0) is 33.8 Å². The van der Waals surface area contributed by atoms with Gasteiger partial charge in [-0.1, -0.05) is 0 Å². The summed E-state index contributed by atoms with van der Waals surface area (Å²) in [6, 6.07) is 0. The highest BCUT2D eigenvalue weighted by Crippen LogP contribution is 2.19. The number of aliphatic hydroxyl groups is 3. The van der Waals surface area contributed by atoms with E-state index in [-0.39, 0.29) is 12.0 Å². The Morgan fingerprint density at radius 1 is 1.00 bits per heavy atom. The largest absolute Gasteiger partial charge is 0.478 e. The molecule has 0 saturated heterocycles. The molecular weight excluding hydrogens is 288 g/mol. The Labute approximate surface area is 129 Å². The molecule has 0 bridgehead atoms. The van der Waals surface area contributed by atoms with Gasteiger partial charge in [0.2, 0.25) is 0 Å². The maximum absolute atomic E-state index is 10.4. The molecule has 3 atom stereocenters. The van der Waals surface area contributed by atoms with Gasteiger partial charge < -0.3 is 20.4 Å². The molecule has 2 rings (SSSR count). The van der Waals surface area contributed by atoms with Crippen molar-refractivity contribution in [1.29, 1.82) is 0 Å². The Kier molecular flexibility index (Phi) is 6.16. The Balaban J connectivity index is 0.000000224. The van der Waals surface area contributed by atoms with Crippen LogP contribution in [0.25, 0.3) is 0 Å². The lowest BCUT2D eigenvalue weighted by molar-refractivity contribution is -0.134. The highest BCUT2D eigenvalue weighted by Gasteiger charge is 2.31. The van der Waals surface area contributed by atoms with Crippen molar-refractivity contribution in [3.05, 3.63) is 34.4 Å². The highest BCUT2D eigenvalue weighted by molar-refractivity contribution is 5.87. The van der Waals surface area contributed by atoms with E-state index in [1.54, 1.807) is 0 Å². The second kappa shape index (κ2) is 7.44. The lowest BCUT2D eigenvalue weighted by atomic mass is 9.92. The molecule has 22 heavy (non-hydrogen) atoms. The summed E-state index contributed by atoms with van der Waals surface area (Å²) in [4.78, 5) is 19.0. The van der Waals surface area contributed by atoms with Crippen LogP contribution in [-0.4, -0.2) is 54.7 Å². The van der Waals surface area contributed by atoms with Crippen molar-refractivity contribution in [1.82, 2.24) is 9.97 Å². The van der Waals surface area contributed by atoms with Crippen molar-refractivity contribution < 1.29 is 25.2 Å². The Bertz CT molecular complexity index is 535. The van der Waals surface area contributed by atoms with Gasteiger partial charge >= 0.3 is 5.97 Å². The summed E-state index contributed by atoms with van der Waals surface area (Å²) >= 11 is 0. The van der Waals surface area contributed by atoms with Crippen molar-refractivity contribution in [3.8, 4) is 0 Å². The topological polar surface area (TPSA) is 124 Å². The third-order valence-corrected chi connectivity index (χ3v) is 3.54. The molecule has 0 aromatic carbocycles. The van der Waals surface area contributed by atoms with E-state index in [4.69, 9.17) is 20.4 Å². The number of aromatic nitrogens is 2. The molecule has 0 saturated carbocycles. The smallest absolute Gasteiger partial charge is 0.331 e. The Morgan fingerprint density at radius 2 is 1.41 bits per heavy atom. The van der Waals surface area contributed by atoms with E-state index in [1.165, 1.54) is 0 Å². The molecule has 7 nitrogen and oxygen atoms in total. The zero-order valence-electron chi connectivity index (χ0n) is 13.1. The van der Waals surface area contributed by atoms with Gasteiger partial charge in [-0.15, -0.1) is 0 Å². The van der Waals surface area contributed by atoms with Crippen molar-refractivity contribution >= 4 is 5.97 Å². The van der Waals surface area contributed by atoms with Crippen LogP contribution < -0.4 is 0 Å². The number of nitrogens with zero attached hydrogens (tertiary/aromatic N) is 2. The van der Waals surface area contributed by atoms with Crippen molar-refractivity contribution in [2.75, 3.05) is 0 Å². The van der Waals surface area contributed by atoms with Gasteiger partial charge in [0.1, 0.15) is 12.2 Å². The molecule has 1 aliphatic carbocycles. The van der Waals surface area contributed by atoms with Gasteiger partial charge in [-0.2, -0.15) is 0 Å². The number of hydrogen-bond donors (Lipinski definition) is 4. The lowest BCUT2D eigenvalue weighted by Crippen LogP contribution is -2.40. The minimum atomic E-state index is -1.29. The number of carboxylic acids is 1. The molecule has 0 unspecified atom stereocenters. The standard InChI is InChI=1S/C8H12N2.C7H10O5/c1-5-6(2)10-8(4)7(3)9-5;8-4-1-3(7(11)12)2-5(9)6(4)10/h1-4H3;1,4-6,8-10H,2H2,(H,11,12)/t;4-,5-,6-/m.1/s1. The fourth-order valence-corrected chi connectivity index (χ4v) is 1.93. The van der Waals surface area contributed by atoms with Crippen molar-refractivity contribution in [2.24, 2.45) is 0 Å². The molecule has 1 aromatic rings. The maximum atomic E-state index is 10.4. The quantitative estimate of drug-likeness (QED) is 0.584. The van der Waals surface area contributed by atoms with Gasteiger partial charge in [0, 0.05) is 12.0 Å². The number of carboxylic acid groups (broad SMARTS) is 1. The normalized spacial score (nSPS) is 24.1. The minimum absolute atomic E-state index is 0.0692. The summed E-state index contributed by atoms with van der Waals surface area (Å²) in [6.45, 7) is 7.92. The summed E-state index contributed by atoms with van der Waals surface area (Å²) in [5.41, 5.74) is 4.05. The molecule has 0 radical (unpaired) electrons. The first kappa shape index (κ1) is 18.2. The fraction of sp³-hybridized carbons (Fsp3) is 0.533. The molecular formula is C15H22N2O5. The third kappa shape index (κ3) is 4.59. The number of rotatable bonds is 1. The molecule has 1 aliphatic rings. The number of aliphatic carboxylic acids is 1. The van der Waals surface area contributed by atoms with Crippen LogP contribution in [0.5, 0.6) is 0 Å². The summed E-state index contributed by atoms with van der Waals surface area (Å²) in [7, 11) is 0. The summed E-state index contributed by atoms with van der Waals surface area (Å²) in [5, 5.41) is 35.6. The van der Waals surface area contributed by atoms with Gasteiger partial charge in [0.25, 0.3) is 0 Å². The van der Waals surface area contributed by atoms with Crippen LogP contribution in [0.3, 0.4) is 0 Å². The Hall–Kier alpha value is -1.83. The molecule has 0 amide bonds. The molecule has 0 fully saturated rings.